The van der Waals surface area contributed by atoms with Crippen molar-refractivity contribution in [1.82, 2.24) is 24.4 Å². The van der Waals surface area contributed by atoms with Gasteiger partial charge in [0, 0.05) is 12.6 Å². The normalized spacial score (nSPS) is 16.3. The van der Waals surface area contributed by atoms with Gasteiger partial charge in [0.1, 0.15) is 5.52 Å². The molecule has 8 nitrogen and oxygen atoms in total. The van der Waals surface area contributed by atoms with Crippen LogP contribution in [-0.4, -0.2) is 50.2 Å². The molecule has 3 rings (SSSR count). The molecule has 0 bridgehead atoms. The molecule has 1 saturated heterocycles. The van der Waals surface area contributed by atoms with E-state index in [1.165, 1.54) is 25.9 Å². The largest absolute Gasteiger partial charge is 0.463 e. The van der Waals surface area contributed by atoms with Gasteiger partial charge in [-0.25, -0.2) is 4.79 Å². The van der Waals surface area contributed by atoms with E-state index in [-0.39, 0.29) is 17.5 Å². The number of nitrogens with one attached hydrogen (secondary N) is 1. The number of nitrogen functional groups attached to an aromatic ring is 1. The number of fused-ring (bicyclic) bond motifs is 1. The van der Waals surface area contributed by atoms with Crippen molar-refractivity contribution in [3.05, 3.63) is 10.5 Å². The molecule has 0 saturated carbocycles. The fourth-order valence-electron chi connectivity index (χ4n) is 3.91. The Balaban J connectivity index is 1.62. The smallest absolute Gasteiger partial charge is 0.327 e. The van der Waals surface area contributed by atoms with E-state index in [0.29, 0.717) is 30.4 Å². The standard InChI is InChI=1S/C20H34N6O2/c1-4-5-13-28-19-23-17(21)16-18(24-19)26(20(27)22-16)10-6-7-15-8-11-25(12-9-15)14(2)3/h14-15H,4-13H2,1-3H3,(H,22,27)(H2,21,23,24). The average Bonchev–Trinajstić information content (AvgIpc) is 2.99. The van der Waals surface area contributed by atoms with E-state index >= 15 is 0 Å². The van der Waals surface area contributed by atoms with Crippen molar-refractivity contribution >= 4 is 17.0 Å². The lowest BCUT2D eigenvalue weighted by Crippen LogP contribution is -2.38. The summed E-state index contributed by atoms with van der Waals surface area (Å²) < 4.78 is 7.26. The third-order valence-corrected chi connectivity index (χ3v) is 5.73. The van der Waals surface area contributed by atoms with E-state index in [9.17, 15) is 4.79 Å². The van der Waals surface area contributed by atoms with Gasteiger partial charge in [0.2, 0.25) is 0 Å². The van der Waals surface area contributed by atoms with Crippen LogP contribution in [0.25, 0.3) is 11.2 Å². The Labute approximate surface area is 166 Å². The molecule has 1 aliphatic heterocycles. The molecule has 0 amide bonds. The zero-order chi connectivity index (χ0) is 20.1. The van der Waals surface area contributed by atoms with Crippen molar-refractivity contribution in [3.8, 4) is 6.01 Å². The molecule has 3 heterocycles. The lowest BCUT2D eigenvalue weighted by molar-refractivity contribution is 0.144. The number of likely N-dealkylation sites (tertiary alicyclic amines) is 1. The zero-order valence-corrected chi connectivity index (χ0v) is 17.4. The molecule has 2 aromatic rings. The predicted molar refractivity (Wildman–Crippen MR) is 112 cm³/mol. The number of H-pyrrole nitrogens is 1. The number of aromatic nitrogens is 4. The first-order chi connectivity index (χ1) is 13.5. The number of aryl methyl sites for hydroxylation is 1. The van der Waals surface area contributed by atoms with E-state index in [2.05, 4.69) is 40.6 Å². The highest BCUT2D eigenvalue weighted by Gasteiger charge is 2.21. The number of ether oxygens (including phenoxy) is 1. The number of hydrogen-bond donors (Lipinski definition) is 2. The molecular formula is C20H34N6O2. The number of anilines is 1. The second kappa shape index (κ2) is 9.41. The van der Waals surface area contributed by atoms with Crippen LogP contribution in [0.3, 0.4) is 0 Å². The van der Waals surface area contributed by atoms with Gasteiger partial charge >= 0.3 is 11.7 Å². The Morgan fingerprint density at radius 3 is 2.68 bits per heavy atom. The first kappa shape index (κ1) is 20.6. The van der Waals surface area contributed by atoms with E-state index in [1.807, 2.05) is 0 Å². The first-order valence-electron chi connectivity index (χ1n) is 10.6. The summed E-state index contributed by atoms with van der Waals surface area (Å²) in [6, 6.07) is 0.872. The molecule has 0 radical (unpaired) electrons. The molecule has 0 spiro atoms. The number of unbranched alkanes of at least 4 members (excludes halogenated alkanes) is 1. The Morgan fingerprint density at radius 1 is 1.25 bits per heavy atom. The summed E-state index contributed by atoms with van der Waals surface area (Å²) >= 11 is 0. The maximum Gasteiger partial charge on any atom is 0.327 e. The average molecular weight is 391 g/mol. The van der Waals surface area contributed by atoms with E-state index in [4.69, 9.17) is 10.5 Å². The Hall–Kier alpha value is -2.09. The van der Waals surface area contributed by atoms with Crippen LogP contribution >= 0.6 is 0 Å². The highest BCUT2D eigenvalue weighted by molar-refractivity contribution is 5.81. The Morgan fingerprint density at radius 2 is 2.00 bits per heavy atom. The number of nitrogens with two attached hydrogens (primary N) is 1. The third kappa shape index (κ3) is 4.84. The Bertz CT molecular complexity index is 820. The van der Waals surface area contributed by atoms with Gasteiger partial charge in [-0.1, -0.05) is 13.3 Å². The monoisotopic (exact) mass is 390 g/mol. The van der Waals surface area contributed by atoms with Gasteiger partial charge in [0.05, 0.1) is 6.61 Å². The summed E-state index contributed by atoms with van der Waals surface area (Å²) in [6.07, 6.45) is 6.52. The Kier molecular flexibility index (Phi) is 6.93. The van der Waals surface area contributed by atoms with Crippen LogP contribution in [0.2, 0.25) is 0 Å². The molecule has 8 heteroatoms. The second-order valence-corrected chi connectivity index (χ2v) is 8.09. The van der Waals surface area contributed by atoms with Crippen molar-refractivity contribution in [3.63, 3.8) is 0 Å². The van der Waals surface area contributed by atoms with Crippen LogP contribution in [0.15, 0.2) is 4.79 Å². The second-order valence-electron chi connectivity index (χ2n) is 8.09. The molecule has 156 valence electrons. The van der Waals surface area contributed by atoms with Crippen LogP contribution in [0, 0.1) is 5.92 Å². The number of nitrogens with zero attached hydrogens (tertiary/aromatic N) is 4. The number of hydrogen-bond acceptors (Lipinski definition) is 6. The van der Waals surface area contributed by atoms with Crippen LogP contribution < -0.4 is 16.2 Å². The molecule has 2 aromatic heterocycles. The SMILES string of the molecule is CCCCOc1nc(N)c2[nH]c(=O)n(CCCC3CCN(C(C)C)CC3)c2n1. The molecule has 0 unspecified atom stereocenters. The van der Waals surface area contributed by atoms with Crippen LogP contribution in [-0.2, 0) is 6.54 Å². The summed E-state index contributed by atoms with van der Waals surface area (Å²) in [5.41, 5.74) is 6.86. The molecule has 0 aliphatic carbocycles. The lowest BCUT2D eigenvalue weighted by atomic mass is 9.91. The molecule has 28 heavy (non-hydrogen) atoms. The predicted octanol–water partition coefficient (Wildman–Crippen LogP) is 2.78. The van der Waals surface area contributed by atoms with Gasteiger partial charge in [-0.05, 0) is 65.0 Å². The minimum atomic E-state index is -0.184. The van der Waals surface area contributed by atoms with E-state index in [0.717, 1.165) is 31.6 Å². The quantitative estimate of drug-likeness (QED) is 0.638. The zero-order valence-electron chi connectivity index (χ0n) is 17.4. The molecule has 1 aliphatic rings. The van der Waals surface area contributed by atoms with Gasteiger partial charge in [0.15, 0.2) is 11.5 Å². The summed E-state index contributed by atoms with van der Waals surface area (Å²) in [5, 5.41) is 0. The number of aromatic amines is 1. The minimum Gasteiger partial charge on any atom is -0.463 e. The minimum absolute atomic E-state index is 0.184. The van der Waals surface area contributed by atoms with Gasteiger partial charge in [-0.2, -0.15) is 9.97 Å². The number of piperidine rings is 1. The highest BCUT2D eigenvalue weighted by Crippen LogP contribution is 2.24. The van der Waals surface area contributed by atoms with Crippen LogP contribution in [0.5, 0.6) is 6.01 Å². The van der Waals surface area contributed by atoms with Crippen molar-refractivity contribution < 1.29 is 4.74 Å². The van der Waals surface area contributed by atoms with E-state index in [1.54, 1.807) is 4.57 Å². The molecule has 0 aromatic carbocycles. The summed E-state index contributed by atoms with van der Waals surface area (Å²) in [6.45, 7) is 10.2. The molecule has 3 N–H and O–H groups in total. The number of rotatable bonds is 9. The highest BCUT2D eigenvalue weighted by atomic mass is 16.5. The summed E-state index contributed by atoms with van der Waals surface area (Å²) in [4.78, 5) is 26.3. The topological polar surface area (TPSA) is 102 Å². The maximum atomic E-state index is 12.4. The van der Waals surface area contributed by atoms with Gasteiger partial charge < -0.3 is 20.4 Å². The number of imidazole rings is 1. The molecular weight excluding hydrogens is 356 g/mol. The molecule has 0 atom stereocenters. The van der Waals surface area contributed by atoms with Gasteiger partial charge in [-0.3, -0.25) is 4.57 Å². The van der Waals surface area contributed by atoms with Gasteiger partial charge in [-0.15, -0.1) is 0 Å². The fourth-order valence-corrected chi connectivity index (χ4v) is 3.91. The van der Waals surface area contributed by atoms with Crippen molar-refractivity contribution in [1.29, 1.82) is 0 Å². The summed E-state index contributed by atoms with van der Waals surface area (Å²) in [7, 11) is 0. The maximum absolute atomic E-state index is 12.4. The van der Waals surface area contributed by atoms with Crippen LogP contribution in [0.1, 0.15) is 59.3 Å². The van der Waals surface area contributed by atoms with Crippen LogP contribution in [0.4, 0.5) is 5.82 Å². The van der Waals surface area contributed by atoms with E-state index < -0.39 is 0 Å². The summed E-state index contributed by atoms with van der Waals surface area (Å²) in [5.74, 6) is 0.997. The first-order valence-corrected chi connectivity index (χ1v) is 10.6. The van der Waals surface area contributed by atoms with Crippen molar-refractivity contribution in [2.24, 2.45) is 5.92 Å². The van der Waals surface area contributed by atoms with Gasteiger partial charge in [0.25, 0.3) is 0 Å². The fraction of sp³-hybridized carbons (Fsp3) is 0.750. The lowest BCUT2D eigenvalue weighted by Gasteiger charge is -2.34. The van der Waals surface area contributed by atoms with Crippen molar-refractivity contribution in [2.75, 3.05) is 25.4 Å². The molecule has 1 fully saturated rings. The van der Waals surface area contributed by atoms with Crippen molar-refractivity contribution in [2.45, 2.75) is 71.9 Å². The third-order valence-electron chi connectivity index (χ3n) is 5.73.